The minimum atomic E-state index is -0.608. The highest BCUT2D eigenvalue weighted by molar-refractivity contribution is 5.73. The molecular formula is C14H15N3O3. The highest BCUT2D eigenvalue weighted by atomic mass is 16.5. The van der Waals surface area contributed by atoms with E-state index in [4.69, 9.17) is 10.5 Å². The van der Waals surface area contributed by atoms with Crippen LogP contribution in [0.2, 0.25) is 0 Å². The van der Waals surface area contributed by atoms with E-state index < -0.39 is 5.91 Å². The normalized spacial score (nSPS) is 10.2. The zero-order valence-electron chi connectivity index (χ0n) is 11.1. The molecule has 2 N–H and O–H groups in total. The second-order valence-electron chi connectivity index (χ2n) is 4.14. The molecule has 0 atom stereocenters. The molecule has 1 aromatic heterocycles. The van der Waals surface area contributed by atoms with E-state index in [1.165, 1.54) is 6.07 Å². The number of benzene rings is 1. The number of carbonyl (C=O) groups excluding carboxylic acids is 1. The van der Waals surface area contributed by atoms with Gasteiger partial charge in [-0.2, -0.15) is 5.10 Å². The largest absolute Gasteiger partial charge is 0.494 e. The zero-order valence-corrected chi connectivity index (χ0v) is 11.1. The van der Waals surface area contributed by atoms with Crippen LogP contribution in [0.15, 0.2) is 41.2 Å². The number of ether oxygens (including phenoxy) is 1. The number of aromatic nitrogens is 2. The van der Waals surface area contributed by atoms with Crippen LogP contribution in [-0.2, 0) is 11.3 Å². The highest BCUT2D eigenvalue weighted by Crippen LogP contribution is 2.19. The highest BCUT2D eigenvalue weighted by Gasteiger charge is 2.05. The van der Waals surface area contributed by atoms with Gasteiger partial charge in [-0.05, 0) is 37.3 Å². The molecule has 2 aromatic rings. The molecule has 0 aliphatic carbocycles. The number of carbonyl (C=O) groups is 1. The maximum Gasteiger partial charge on any atom is 0.267 e. The predicted octanol–water partition coefficient (Wildman–Crippen LogP) is 0.794. The lowest BCUT2D eigenvalue weighted by atomic mass is 10.1. The number of rotatable bonds is 5. The Morgan fingerprint density at radius 3 is 2.55 bits per heavy atom. The van der Waals surface area contributed by atoms with Gasteiger partial charge in [0.15, 0.2) is 0 Å². The van der Waals surface area contributed by atoms with E-state index in [0.29, 0.717) is 12.3 Å². The van der Waals surface area contributed by atoms with E-state index >= 15 is 0 Å². The summed E-state index contributed by atoms with van der Waals surface area (Å²) in [5.74, 6) is 0.158. The zero-order chi connectivity index (χ0) is 14.5. The molecule has 0 bridgehead atoms. The lowest BCUT2D eigenvalue weighted by Gasteiger charge is -2.07. The van der Waals surface area contributed by atoms with Gasteiger partial charge >= 0.3 is 0 Å². The molecule has 1 aromatic carbocycles. The third-order valence-electron chi connectivity index (χ3n) is 2.63. The fourth-order valence-corrected chi connectivity index (χ4v) is 1.75. The van der Waals surface area contributed by atoms with E-state index in [2.05, 4.69) is 5.10 Å². The van der Waals surface area contributed by atoms with Crippen molar-refractivity contribution in [2.75, 3.05) is 6.61 Å². The summed E-state index contributed by atoms with van der Waals surface area (Å²) in [6, 6.07) is 10.3. The third-order valence-corrected chi connectivity index (χ3v) is 2.63. The Morgan fingerprint density at radius 1 is 1.25 bits per heavy atom. The Kier molecular flexibility index (Phi) is 4.14. The average Bonchev–Trinajstić information content (AvgIpc) is 2.42. The molecule has 0 spiro atoms. The first-order valence-corrected chi connectivity index (χ1v) is 6.20. The molecule has 0 saturated heterocycles. The first kappa shape index (κ1) is 13.8. The summed E-state index contributed by atoms with van der Waals surface area (Å²) >= 11 is 0. The summed E-state index contributed by atoms with van der Waals surface area (Å²) in [6.07, 6.45) is 0. The monoisotopic (exact) mass is 273 g/mol. The second kappa shape index (κ2) is 6.01. The molecule has 20 heavy (non-hydrogen) atoms. The Morgan fingerprint density at radius 2 is 1.95 bits per heavy atom. The molecule has 0 saturated carbocycles. The topological polar surface area (TPSA) is 87.2 Å². The van der Waals surface area contributed by atoms with Gasteiger partial charge in [-0.1, -0.05) is 0 Å². The van der Waals surface area contributed by atoms with Crippen molar-refractivity contribution in [2.24, 2.45) is 5.73 Å². The van der Waals surface area contributed by atoms with Crippen LogP contribution in [0.5, 0.6) is 5.75 Å². The second-order valence-corrected chi connectivity index (χ2v) is 4.14. The number of hydrogen-bond donors (Lipinski definition) is 1. The smallest absolute Gasteiger partial charge is 0.267 e. The van der Waals surface area contributed by atoms with Gasteiger partial charge in [-0.3, -0.25) is 9.59 Å². The molecule has 0 unspecified atom stereocenters. The molecule has 0 fully saturated rings. The van der Waals surface area contributed by atoms with Crippen molar-refractivity contribution >= 4 is 5.91 Å². The van der Waals surface area contributed by atoms with E-state index in [0.717, 1.165) is 16.0 Å². The van der Waals surface area contributed by atoms with Crippen LogP contribution in [0.4, 0.5) is 0 Å². The predicted molar refractivity (Wildman–Crippen MR) is 74.3 cm³/mol. The summed E-state index contributed by atoms with van der Waals surface area (Å²) in [7, 11) is 0. The van der Waals surface area contributed by atoms with Gasteiger partial charge in [0.2, 0.25) is 5.91 Å². The Hall–Kier alpha value is -2.63. The molecule has 0 radical (unpaired) electrons. The Labute approximate surface area is 115 Å². The van der Waals surface area contributed by atoms with Gasteiger partial charge in [0.05, 0.1) is 12.3 Å². The van der Waals surface area contributed by atoms with Crippen LogP contribution in [-0.4, -0.2) is 22.3 Å². The fraction of sp³-hybridized carbons (Fsp3) is 0.214. The first-order chi connectivity index (χ1) is 9.60. The fourth-order valence-electron chi connectivity index (χ4n) is 1.75. The molecule has 2 rings (SSSR count). The quantitative estimate of drug-likeness (QED) is 0.872. The maximum absolute atomic E-state index is 11.6. The Balaban J connectivity index is 2.32. The third kappa shape index (κ3) is 3.23. The SMILES string of the molecule is CCOc1ccc(-c2ccc(=O)n(CC(N)=O)n2)cc1. The van der Waals surface area contributed by atoms with Gasteiger partial charge in [0.1, 0.15) is 12.3 Å². The summed E-state index contributed by atoms with van der Waals surface area (Å²) < 4.78 is 6.41. The first-order valence-electron chi connectivity index (χ1n) is 6.20. The number of nitrogens with zero attached hydrogens (tertiary/aromatic N) is 2. The number of primary amides is 1. The molecule has 104 valence electrons. The molecule has 1 amide bonds. The van der Waals surface area contributed by atoms with Gasteiger partial charge in [-0.25, -0.2) is 4.68 Å². The molecule has 0 aliphatic heterocycles. The minimum absolute atomic E-state index is 0.232. The van der Waals surface area contributed by atoms with Crippen molar-refractivity contribution in [3.63, 3.8) is 0 Å². The van der Waals surface area contributed by atoms with Crippen LogP contribution in [0.25, 0.3) is 11.3 Å². The maximum atomic E-state index is 11.6. The van der Waals surface area contributed by atoms with E-state index in [1.807, 2.05) is 31.2 Å². The summed E-state index contributed by atoms with van der Waals surface area (Å²) in [5.41, 5.74) is 6.13. The standard InChI is InChI=1S/C14H15N3O3/c1-2-20-11-5-3-10(4-6-11)12-7-8-14(19)17(16-12)9-13(15)18/h3-8H,2,9H2,1H3,(H2,15,18). The van der Waals surface area contributed by atoms with Crippen molar-refractivity contribution < 1.29 is 9.53 Å². The Bertz CT molecular complexity index is 662. The van der Waals surface area contributed by atoms with Gasteiger partial charge < -0.3 is 10.5 Å². The van der Waals surface area contributed by atoms with Crippen LogP contribution in [0, 0.1) is 0 Å². The molecule has 6 nitrogen and oxygen atoms in total. The van der Waals surface area contributed by atoms with Crippen LogP contribution in [0.1, 0.15) is 6.92 Å². The van der Waals surface area contributed by atoms with Crippen LogP contribution >= 0.6 is 0 Å². The van der Waals surface area contributed by atoms with Crippen molar-refractivity contribution in [1.29, 1.82) is 0 Å². The van der Waals surface area contributed by atoms with Crippen molar-refractivity contribution in [1.82, 2.24) is 9.78 Å². The van der Waals surface area contributed by atoms with Crippen molar-refractivity contribution in [3.05, 3.63) is 46.8 Å². The van der Waals surface area contributed by atoms with Crippen molar-refractivity contribution in [3.8, 4) is 17.0 Å². The lowest BCUT2D eigenvalue weighted by Crippen LogP contribution is -2.29. The summed E-state index contributed by atoms with van der Waals surface area (Å²) in [4.78, 5) is 22.4. The lowest BCUT2D eigenvalue weighted by molar-refractivity contribution is -0.118. The van der Waals surface area contributed by atoms with Crippen LogP contribution < -0.4 is 16.0 Å². The van der Waals surface area contributed by atoms with Gasteiger partial charge in [0, 0.05) is 11.6 Å². The van der Waals surface area contributed by atoms with Gasteiger partial charge in [0.25, 0.3) is 5.56 Å². The molecule has 0 aliphatic rings. The molecular weight excluding hydrogens is 258 g/mol. The number of amides is 1. The van der Waals surface area contributed by atoms with E-state index in [-0.39, 0.29) is 12.1 Å². The van der Waals surface area contributed by atoms with Crippen molar-refractivity contribution in [2.45, 2.75) is 13.5 Å². The molecule has 1 heterocycles. The molecule has 6 heteroatoms. The van der Waals surface area contributed by atoms with Crippen LogP contribution in [0.3, 0.4) is 0 Å². The average molecular weight is 273 g/mol. The van der Waals surface area contributed by atoms with Gasteiger partial charge in [-0.15, -0.1) is 0 Å². The summed E-state index contributed by atoms with van der Waals surface area (Å²) in [5, 5.41) is 4.12. The summed E-state index contributed by atoms with van der Waals surface area (Å²) in [6.45, 7) is 2.28. The number of hydrogen-bond acceptors (Lipinski definition) is 4. The van der Waals surface area contributed by atoms with E-state index in [9.17, 15) is 9.59 Å². The van der Waals surface area contributed by atoms with E-state index in [1.54, 1.807) is 6.07 Å². The number of nitrogens with two attached hydrogens (primary N) is 1. The minimum Gasteiger partial charge on any atom is -0.494 e.